The Bertz CT molecular complexity index is 150. The van der Waals surface area contributed by atoms with Crippen molar-refractivity contribution in [3.63, 3.8) is 0 Å². The third-order valence-electron chi connectivity index (χ3n) is 0.891. The molecule has 0 aliphatic carbocycles. The summed E-state index contributed by atoms with van der Waals surface area (Å²) < 4.78 is 0. The molecule has 0 saturated carbocycles. The van der Waals surface area contributed by atoms with Crippen LogP contribution in [0.2, 0.25) is 0 Å². The lowest BCUT2D eigenvalue weighted by Crippen LogP contribution is -1.84. The van der Waals surface area contributed by atoms with E-state index < -0.39 is 0 Å². The summed E-state index contributed by atoms with van der Waals surface area (Å²) >= 11 is 0. The fraction of sp³-hybridized carbons (Fsp3) is 0.286. The van der Waals surface area contributed by atoms with Gasteiger partial charge in [-0.25, -0.2) is 0 Å². The van der Waals surface area contributed by atoms with Crippen molar-refractivity contribution in [1.29, 1.82) is 0 Å². The number of carbonyl (C=O) groups excluding carboxylic acids is 1. The number of rotatable bonds is 2. The highest BCUT2D eigenvalue weighted by Crippen LogP contribution is 1.97. The van der Waals surface area contributed by atoms with Gasteiger partial charge in [-0.1, -0.05) is 12.2 Å². The molecule has 9 heavy (non-hydrogen) atoms. The van der Waals surface area contributed by atoms with Crippen LogP contribution in [-0.4, -0.2) is 11.4 Å². The molecule has 0 saturated heterocycles. The fourth-order valence-corrected chi connectivity index (χ4v) is 0.425. The van der Waals surface area contributed by atoms with Crippen LogP contribution < -0.4 is 0 Å². The molecule has 1 N–H and O–H groups in total. The summed E-state index contributed by atoms with van der Waals surface area (Å²) in [6, 6.07) is 0. The summed E-state index contributed by atoms with van der Waals surface area (Å²) in [5.74, 6) is 0.0584. The van der Waals surface area contributed by atoms with Crippen LogP contribution in [-0.2, 0) is 4.79 Å². The van der Waals surface area contributed by atoms with Crippen molar-refractivity contribution in [2.45, 2.75) is 13.8 Å². The van der Waals surface area contributed by atoms with Crippen molar-refractivity contribution >= 4 is 6.29 Å². The van der Waals surface area contributed by atoms with Crippen molar-refractivity contribution in [2.75, 3.05) is 0 Å². The Morgan fingerprint density at radius 1 is 1.56 bits per heavy atom. The van der Waals surface area contributed by atoms with Gasteiger partial charge in [-0.2, -0.15) is 0 Å². The Hall–Kier alpha value is -1.05. The normalized spacial score (nSPS) is 13.6. The van der Waals surface area contributed by atoms with Gasteiger partial charge in [0.2, 0.25) is 0 Å². The van der Waals surface area contributed by atoms with Crippen LogP contribution in [0.25, 0.3) is 0 Å². The first kappa shape index (κ1) is 7.95. The molecular formula is C7H10O2. The van der Waals surface area contributed by atoms with Crippen molar-refractivity contribution < 1.29 is 9.90 Å². The lowest BCUT2D eigenvalue weighted by molar-refractivity contribution is -0.104. The van der Waals surface area contributed by atoms with E-state index in [1.165, 1.54) is 6.92 Å². The van der Waals surface area contributed by atoms with E-state index in [0.717, 1.165) is 0 Å². The minimum absolute atomic E-state index is 0.0584. The van der Waals surface area contributed by atoms with E-state index in [9.17, 15) is 4.79 Å². The highest BCUT2D eigenvalue weighted by atomic mass is 16.3. The van der Waals surface area contributed by atoms with Gasteiger partial charge in [0.15, 0.2) is 6.29 Å². The maximum atomic E-state index is 10.1. The summed E-state index contributed by atoms with van der Waals surface area (Å²) in [5.41, 5.74) is 0.331. The molecule has 0 fully saturated rings. The number of carbonyl (C=O) groups is 1. The van der Waals surface area contributed by atoms with E-state index >= 15 is 0 Å². The molecule has 0 unspecified atom stereocenters. The van der Waals surface area contributed by atoms with Crippen molar-refractivity contribution in [2.24, 2.45) is 0 Å². The molecule has 2 heteroatoms. The van der Waals surface area contributed by atoms with E-state index in [1.54, 1.807) is 19.1 Å². The summed E-state index contributed by atoms with van der Waals surface area (Å²) in [4.78, 5) is 10.1. The van der Waals surface area contributed by atoms with Gasteiger partial charge in [0, 0.05) is 0 Å². The van der Waals surface area contributed by atoms with Gasteiger partial charge in [-0.15, -0.1) is 0 Å². The lowest BCUT2D eigenvalue weighted by Gasteiger charge is -1.89. The third kappa shape index (κ3) is 2.69. The molecular weight excluding hydrogens is 116 g/mol. The van der Waals surface area contributed by atoms with E-state index in [1.807, 2.05) is 0 Å². The summed E-state index contributed by atoms with van der Waals surface area (Å²) in [6.07, 6.45) is 3.88. The van der Waals surface area contributed by atoms with Gasteiger partial charge in [0.1, 0.15) is 0 Å². The van der Waals surface area contributed by atoms with Crippen molar-refractivity contribution in [3.05, 3.63) is 23.5 Å². The average molecular weight is 126 g/mol. The van der Waals surface area contributed by atoms with Gasteiger partial charge in [0.05, 0.1) is 11.3 Å². The third-order valence-corrected chi connectivity index (χ3v) is 0.891. The van der Waals surface area contributed by atoms with Crippen LogP contribution >= 0.6 is 0 Å². The molecule has 0 rings (SSSR count). The Balaban J connectivity index is 4.34. The van der Waals surface area contributed by atoms with Gasteiger partial charge in [-0.05, 0) is 13.8 Å². The highest BCUT2D eigenvalue weighted by molar-refractivity contribution is 5.77. The minimum Gasteiger partial charge on any atom is -0.512 e. The molecule has 0 aliphatic rings. The topological polar surface area (TPSA) is 37.3 Å². The van der Waals surface area contributed by atoms with Gasteiger partial charge in [-0.3, -0.25) is 4.79 Å². The zero-order valence-corrected chi connectivity index (χ0v) is 5.59. The van der Waals surface area contributed by atoms with Crippen LogP contribution in [0.4, 0.5) is 0 Å². The van der Waals surface area contributed by atoms with E-state index in [2.05, 4.69) is 0 Å². The zero-order valence-electron chi connectivity index (χ0n) is 5.59. The summed E-state index contributed by atoms with van der Waals surface area (Å²) in [5, 5.41) is 8.74. The number of aliphatic hydroxyl groups excluding tert-OH is 1. The molecule has 0 radical (unpaired) electrons. The van der Waals surface area contributed by atoms with Crippen molar-refractivity contribution in [3.8, 4) is 0 Å². The van der Waals surface area contributed by atoms with Crippen molar-refractivity contribution in [1.82, 2.24) is 0 Å². The molecule has 0 heterocycles. The first-order valence-corrected chi connectivity index (χ1v) is 2.70. The minimum atomic E-state index is 0.0584. The van der Waals surface area contributed by atoms with Crippen LogP contribution in [0.5, 0.6) is 0 Å². The second kappa shape index (κ2) is 3.89. The monoisotopic (exact) mass is 126 g/mol. The van der Waals surface area contributed by atoms with Crippen LogP contribution in [0.1, 0.15) is 13.8 Å². The predicted octanol–water partition coefficient (Wildman–Crippen LogP) is 1.59. The molecule has 0 amide bonds. The van der Waals surface area contributed by atoms with Crippen LogP contribution in [0, 0.1) is 0 Å². The number of aliphatic hydroxyl groups is 1. The van der Waals surface area contributed by atoms with Gasteiger partial charge in [0.25, 0.3) is 0 Å². The number of hydrogen-bond donors (Lipinski definition) is 1. The molecule has 0 aromatic rings. The standard InChI is InChI=1S/C7H10O2/c1-3-4-7(5-8)6(2)9/h3-5,9H,1-2H3/b4-3-,7-6-. The van der Waals surface area contributed by atoms with E-state index in [0.29, 0.717) is 11.9 Å². The molecule has 0 atom stereocenters. The fourth-order valence-electron chi connectivity index (χ4n) is 0.425. The molecule has 0 aliphatic heterocycles. The first-order chi connectivity index (χ1) is 4.22. The van der Waals surface area contributed by atoms with Gasteiger partial charge >= 0.3 is 0 Å². The molecule has 0 spiro atoms. The molecule has 50 valence electrons. The number of hydrogen-bond acceptors (Lipinski definition) is 2. The Kier molecular flexibility index (Phi) is 3.44. The van der Waals surface area contributed by atoms with Gasteiger partial charge < -0.3 is 5.11 Å². The van der Waals surface area contributed by atoms with Crippen LogP contribution in [0.15, 0.2) is 23.5 Å². The second-order valence-electron chi connectivity index (χ2n) is 1.66. The Labute approximate surface area is 54.5 Å². The predicted molar refractivity (Wildman–Crippen MR) is 36.2 cm³/mol. The lowest BCUT2D eigenvalue weighted by atomic mass is 10.2. The Morgan fingerprint density at radius 2 is 2.11 bits per heavy atom. The van der Waals surface area contributed by atoms with E-state index in [4.69, 9.17) is 5.11 Å². The highest BCUT2D eigenvalue weighted by Gasteiger charge is 1.91. The second-order valence-corrected chi connectivity index (χ2v) is 1.66. The first-order valence-electron chi connectivity index (χ1n) is 2.70. The quantitative estimate of drug-likeness (QED) is 0.264. The maximum absolute atomic E-state index is 10.1. The zero-order chi connectivity index (χ0) is 7.28. The summed E-state index contributed by atoms with van der Waals surface area (Å²) in [6.45, 7) is 3.26. The van der Waals surface area contributed by atoms with E-state index in [-0.39, 0.29) is 5.76 Å². The Morgan fingerprint density at radius 3 is 2.22 bits per heavy atom. The number of aldehydes is 1. The molecule has 0 bridgehead atoms. The maximum Gasteiger partial charge on any atom is 0.153 e. The smallest absolute Gasteiger partial charge is 0.153 e. The van der Waals surface area contributed by atoms with Crippen LogP contribution in [0.3, 0.4) is 0 Å². The average Bonchev–Trinajstić information content (AvgIpc) is 1.82. The number of allylic oxidation sites excluding steroid dienone is 4. The molecule has 0 aromatic heterocycles. The molecule has 2 nitrogen and oxygen atoms in total. The SMILES string of the molecule is C/C=C\C(C=O)=C(/C)O. The summed E-state index contributed by atoms with van der Waals surface area (Å²) in [7, 11) is 0. The largest absolute Gasteiger partial charge is 0.512 e. The molecule has 0 aromatic carbocycles.